The fraction of sp³-hybridized carbons (Fsp3) is 0.154. The van der Waals surface area contributed by atoms with Crippen LogP contribution in [-0.2, 0) is 6.54 Å². The van der Waals surface area contributed by atoms with E-state index in [1.807, 2.05) is 6.07 Å². The topological polar surface area (TPSA) is 64.3 Å². The van der Waals surface area contributed by atoms with E-state index in [1.165, 1.54) is 18.4 Å². The number of nitrogens with one attached hydrogen (secondary N) is 1. The van der Waals surface area contributed by atoms with Gasteiger partial charge in [-0.1, -0.05) is 11.6 Å². The van der Waals surface area contributed by atoms with Gasteiger partial charge >= 0.3 is 0 Å². The van der Waals surface area contributed by atoms with Gasteiger partial charge in [0.15, 0.2) is 0 Å². The molecule has 0 unspecified atom stereocenters. The molecule has 4 nitrogen and oxygen atoms in total. The average Bonchev–Trinajstić information content (AvgIpc) is 2.81. The minimum Gasteiger partial charge on any atom is -0.496 e. The number of hydrogen-bond acceptors (Lipinski definition) is 4. The van der Waals surface area contributed by atoms with Gasteiger partial charge in [-0.3, -0.25) is 4.79 Å². The number of amides is 1. The van der Waals surface area contributed by atoms with E-state index >= 15 is 0 Å². The fourth-order valence-corrected chi connectivity index (χ4v) is 2.64. The summed E-state index contributed by atoms with van der Waals surface area (Å²) in [6.07, 6.45) is 0. The maximum atomic E-state index is 12.1. The van der Waals surface area contributed by atoms with E-state index in [0.29, 0.717) is 27.9 Å². The Hall–Kier alpha value is -1.72. The first-order valence-electron chi connectivity index (χ1n) is 5.56. The van der Waals surface area contributed by atoms with Crippen molar-refractivity contribution in [3.05, 3.63) is 45.1 Å². The van der Waals surface area contributed by atoms with E-state index in [1.54, 1.807) is 24.3 Å². The number of ether oxygens (including phenoxy) is 1. The summed E-state index contributed by atoms with van der Waals surface area (Å²) in [7, 11) is 1.52. The molecule has 3 N–H and O–H groups in total. The highest BCUT2D eigenvalue weighted by Crippen LogP contribution is 2.23. The molecule has 0 aliphatic rings. The number of hydrogen-bond donors (Lipinski definition) is 2. The van der Waals surface area contributed by atoms with E-state index < -0.39 is 0 Å². The lowest BCUT2D eigenvalue weighted by atomic mass is 10.1. The first-order valence-corrected chi connectivity index (χ1v) is 6.75. The van der Waals surface area contributed by atoms with Crippen LogP contribution >= 0.6 is 22.9 Å². The van der Waals surface area contributed by atoms with Gasteiger partial charge in [-0.15, -0.1) is 11.3 Å². The molecule has 1 heterocycles. The second kappa shape index (κ2) is 5.95. The Kier molecular flexibility index (Phi) is 4.29. The molecule has 0 aliphatic carbocycles. The highest BCUT2D eigenvalue weighted by molar-refractivity contribution is 7.16. The Morgan fingerprint density at radius 2 is 2.21 bits per heavy atom. The number of carbonyl (C=O) groups is 1. The second-order valence-corrected chi connectivity index (χ2v) is 5.65. The Morgan fingerprint density at radius 3 is 2.84 bits per heavy atom. The van der Waals surface area contributed by atoms with Gasteiger partial charge in [0, 0.05) is 10.6 Å². The first kappa shape index (κ1) is 13.7. The van der Waals surface area contributed by atoms with Crippen molar-refractivity contribution < 1.29 is 9.53 Å². The largest absolute Gasteiger partial charge is 0.496 e. The molecule has 0 saturated heterocycles. The summed E-state index contributed by atoms with van der Waals surface area (Å²) >= 11 is 7.26. The number of rotatable bonds is 4. The van der Waals surface area contributed by atoms with Crippen molar-refractivity contribution in [1.29, 1.82) is 0 Å². The number of nitrogens with two attached hydrogens (primary N) is 1. The predicted octanol–water partition coefficient (Wildman–Crippen LogP) is 2.92. The average molecular weight is 297 g/mol. The summed E-state index contributed by atoms with van der Waals surface area (Å²) < 4.78 is 5.84. The Balaban J connectivity index is 2.09. The van der Waals surface area contributed by atoms with Crippen LogP contribution in [0, 0.1) is 0 Å². The number of halogens is 1. The van der Waals surface area contributed by atoms with Crippen LogP contribution in [0.25, 0.3) is 0 Å². The summed E-state index contributed by atoms with van der Waals surface area (Å²) in [5.41, 5.74) is 6.62. The lowest BCUT2D eigenvalue weighted by molar-refractivity contribution is 0.0948. The molecule has 6 heteroatoms. The van der Waals surface area contributed by atoms with Gasteiger partial charge in [0.2, 0.25) is 0 Å². The Labute approximate surface area is 120 Å². The van der Waals surface area contributed by atoms with Crippen molar-refractivity contribution in [2.75, 3.05) is 12.8 Å². The highest BCUT2D eigenvalue weighted by atomic mass is 35.5. The smallest absolute Gasteiger partial charge is 0.255 e. The molecule has 0 spiro atoms. The fourth-order valence-electron chi connectivity index (χ4n) is 1.61. The SMILES string of the molecule is COc1ccc(N)cc1C(=O)NCc1ccc(Cl)s1. The molecular weight excluding hydrogens is 284 g/mol. The summed E-state index contributed by atoms with van der Waals surface area (Å²) in [4.78, 5) is 13.1. The van der Waals surface area contributed by atoms with Crippen molar-refractivity contribution in [1.82, 2.24) is 5.32 Å². The molecule has 0 aliphatic heterocycles. The van der Waals surface area contributed by atoms with Crippen LogP contribution in [0.1, 0.15) is 15.2 Å². The van der Waals surface area contributed by atoms with Crippen LogP contribution in [0.2, 0.25) is 4.34 Å². The number of nitrogen functional groups attached to an aromatic ring is 1. The highest BCUT2D eigenvalue weighted by Gasteiger charge is 2.12. The standard InChI is InChI=1S/C13H13ClN2O2S/c1-18-11-4-2-8(15)6-10(11)13(17)16-7-9-3-5-12(14)19-9/h2-6H,7,15H2,1H3,(H,16,17). The predicted molar refractivity (Wildman–Crippen MR) is 77.9 cm³/mol. The Bertz CT molecular complexity index is 598. The molecule has 2 rings (SSSR count). The van der Waals surface area contributed by atoms with E-state index in [9.17, 15) is 4.79 Å². The third kappa shape index (κ3) is 3.39. The van der Waals surface area contributed by atoms with Crippen molar-refractivity contribution in [2.45, 2.75) is 6.54 Å². The molecule has 0 bridgehead atoms. The van der Waals surface area contributed by atoms with Crippen molar-refractivity contribution >= 4 is 34.5 Å². The summed E-state index contributed by atoms with van der Waals surface area (Å²) in [5, 5.41) is 2.81. The van der Waals surface area contributed by atoms with Crippen LogP contribution in [-0.4, -0.2) is 13.0 Å². The molecule has 100 valence electrons. The molecule has 1 amide bonds. The molecule has 2 aromatic rings. The van der Waals surface area contributed by atoms with Crippen LogP contribution in [0.3, 0.4) is 0 Å². The number of methoxy groups -OCH3 is 1. The maximum absolute atomic E-state index is 12.1. The number of carbonyl (C=O) groups excluding carboxylic acids is 1. The molecule has 0 saturated carbocycles. The van der Waals surface area contributed by atoms with Gasteiger partial charge in [-0.25, -0.2) is 0 Å². The van der Waals surface area contributed by atoms with Crippen LogP contribution in [0.15, 0.2) is 30.3 Å². The summed E-state index contributed by atoms with van der Waals surface area (Å²) in [6.45, 7) is 0.425. The van der Waals surface area contributed by atoms with Crippen molar-refractivity contribution in [2.24, 2.45) is 0 Å². The number of anilines is 1. The van der Waals surface area contributed by atoms with Gasteiger partial charge in [0.05, 0.1) is 23.6 Å². The van der Waals surface area contributed by atoms with Crippen LogP contribution < -0.4 is 15.8 Å². The monoisotopic (exact) mass is 296 g/mol. The lowest BCUT2D eigenvalue weighted by Crippen LogP contribution is -2.23. The van der Waals surface area contributed by atoms with E-state index in [0.717, 1.165) is 4.88 Å². The van der Waals surface area contributed by atoms with Crippen molar-refractivity contribution in [3.8, 4) is 5.75 Å². The quantitative estimate of drug-likeness (QED) is 0.853. The number of thiophene rings is 1. The molecule has 1 aromatic heterocycles. The zero-order chi connectivity index (χ0) is 13.8. The van der Waals surface area contributed by atoms with Gasteiger partial charge < -0.3 is 15.8 Å². The normalized spacial score (nSPS) is 10.2. The molecule has 0 radical (unpaired) electrons. The Morgan fingerprint density at radius 1 is 1.42 bits per heavy atom. The zero-order valence-corrected chi connectivity index (χ0v) is 11.8. The maximum Gasteiger partial charge on any atom is 0.255 e. The third-order valence-electron chi connectivity index (χ3n) is 2.52. The lowest BCUT2D eigenvalue weighted by Gasteiger charge is -2.09. The van der Waals surface area contributed by atoms with Crippen LogP contribution in [0.4, 0.5) is 5.69 Å². The minimum absolute atomic E-state index is 0.228. The van der Waals surface area contributed by atoms with Gasteiger partial charge in [0.25, 0.3) is 5.91 Å². The number of benzene rings is 1. The zero-order valence-electron chi connectivity index (χ0n) is 10.3. The molecule has 1 aromatic carbocycles. The third-order valence-corrected chi connectivity index (χ3v) is 3.75. The summed E-state index contributed by atoms with van der Waals surface area (Å²) in [6, 6.07) is 8.63. The van der Waals surface area contributed by atoms with E-state index in [-0.39, 0.29) is 5.91 Å². The van der Waals surface area contributed by atoms with Crippen LogP contribution in [0.5, 0.6) is 5.75 Å². The molecule has 0 atom stereocenters. The van der Waals surface area contributed by atoms with Gasteiger partial charge in [-0.2, -0.15) is 0 Å². The second-order valence-electron chi connectivity index (χ2n) is 3.85. The summed E-state index contributed by atoms with van der Waals surface area (Å²) in [5.74, 6) is 0.268. The van der Waals surface area contributed by atoms with E-state index in [4.69, 9.17) is 22.1 Å². The molecular formula is C13H13ClN2O2S. The first-order chi connectivity index (χ1) is 9.10. The van der Waals surface area contributed by atoms with Gasteiger partial charge in [0.1, 0.15) is 5.75 Å². The molecule has 19 heavy (non-hydrogen) atoms. The van der Waals surface area contributed by atoms with Crippen molar-refractivity contribution in [3.63, 3.8) is 0 Å². The van der Waals surface area contributed by atoms with Gasteiger partial charge in [-0.05, 0) is 30.3 Å². The molecule has 0 fully saturated rings. The van der Waals surface area contributed by atoms with E-state index in [2.05, 4.69) is 5.32 Å². The minimum atomic E-state index is -0.228.